The van der Waals surface area contributed by atoms with Crippen LogP contribution in [0.3, 0.4) is 0 Å². The Balaban J connectivity index is 2.43. The molecule has 17 heavy (non-hydrogen) atoms. The summed E-state index contributed by atoms with van der Waals surface area (Å²) >= 11 is 0. The van der Waals surface area contributed by atoms with Crippen LogP contribution in [-0.4, -0.2) is 18.5 Å². The minimum atomic E-state index is -0.208. The normalized spacial score (nSPS) is 23.3. The van der Waals surface area contributed by atoms with Crippen molar-refractivity contribution >= 4 is 11.6 Å². The van der Waals surface area contributed by atoms with E-state index >= 15 is 0 Å². The molecule has 2 N–H and O–H groups in total. The zero-order valence-electron chi connectivity index (χ0n) is 10.5. The van der Waals surface area contributed by atoms with Crippen LogP contribution in [0, 0.1) is 0 Å². The number of primary amides is 1. The van der Waals surface area contributed by atoms with E-state index in [9.17, 15) is 4.79 Å². The van der Waals surface area contributed by atoms with Crippen LogP contribution >= 0.6 is 0 Å². The number of rotatable bonds is 3. The van der Waals surface area contributed by atoms with Gasteiger partial charge in [-0.3, -0.25) is 4.79 Å². The van der Waals surface area contributed by atoms with Gasteiger partial charge in [-0.1, -0.05) is 25.1 Å². The first-order valence-electron chi connectivity index (χ1n) is 6.30. The molecule has 2 rings (SSSR count). The van der Waals surface area contributed by atoms with Crippen molar-refractivity contribution in [3.63, 3.8) is 0 Å². The van der Waals surface area contributed by atoms with E-state index < -0.39 is 0 Å². The maximum atomic E-state index is 11.5. The van der Waals surface area contributed by atoms with Gasteiger partial charge in [0.1, 0.15) is 0 Å². The van der Waals surface area contributed by atoms with Crippen molar-refractivity contribution in [3.8, 4) is 0 Å². The molecule has 0 bridgehead atoms. The SMILES string of the molecule is CCCN1c2ccccc2[C@H](C(N)=O)C[C@H]1C. The fourth-order valence-corrected chi connectivity index (χ4v) is 2.73. The van der Waals surface area contributed by atoms with Gasteiger partial charge in [0.05, 0.1) is 5.92 Å². The van der Waals surface area contributed by atoms with Gasteiger partial charge < -0.3 is 10.6 Å². The topological polar surface area (TPSA) is 46.3 Å². The number of nitrogens with zero attached hydrogens (tertiary/aromatic N) is 1. The fraction of sp³-hybridized carbons (Fsp3) is 0.500. The maximum Gasteiger partial charge on any atom is 0.225 e. The van der Waals surface area contributed by atoms with E-state index in [0.717, 1.165) is 24.9 Å². The van der Waals surface area contributed by atoms with E-state index in [-0.39, 0.29) is 11.8 Å². The summed E-state index contributed by atoms with van der Waals surface area (Å²) in [6, 6.07) is 8.50. The second kappa shape index (κ2) is 4.78. The molecule has 0 fully saturated rings. The van der Waals surface area contributed by atoms with Gasteiger partial charge in [0.15, 0.2) is 0 Å². The van der Waals surface area contributed by atoms with Gasteiger partial charge in [-0.05, 0) is 31.4 Å². The van der Waals surface area contributed by atoms with E-state index in [1.54, 1.807) is 0 Å². The lowest BCUT2D eigenvalue weighted by Gasteiger charge is -2.39. The predicted octanol–water partition coefficient (Wildman–Crippen LogP) is 2.26. The molecule has 0 aliphatic carbocycles. The molecule has 3 nitrogen and oxygen atoms in total. The van der Waals surface area contributed by atoms with Crippen LogP contribution in [0.2, 0.25) is 0 Å². The summed E-state index contributed by atoms with van der Waals surface area (Å²) in [4.78, 5) is 13.9. The first-order valence-corrected chi connectivity index (χ1v) is 6.30. The lowest BCUT2D eigenvalue weighted by Crippen LogP contribution is -2.42. The van der Waals surface area contributed by atoms with E-state index in [2.05, 4.69) is 24.8 Å². The Hall–Kier alpha value is -1.51. The van der Waals surface area contributed by atoms with Crippen LogP contribution in [0.1, 0.15) is 38.2 Å². The molecule has 1 aromatic rings. The Morgan fingerprint density at radius 2 is 2.18 bits per heavy atom. The van der Waals surface area contributed by atoms with Gasteiger partial charge in [0, 0.05) is 18.3 Å². The molecule has 1 aliphatic heterocycles. The third-order valence-corrected chi connectivity index (χ3v) is 3.54. The number of para-hydroxylation sites is 1. The molecule has 0 aromatic heterocycles. The number of hydrogen-bond acceptors (Lipinski definition) is 2. The van der Waals surface area contributed by atoms with Crippen molar-refractivity contribution in [2.75, 3.05) is 11.4 Å². The van der Waals surface area contributed by atoms with Gasteiger partial charge in [-0.25, -0.2) is 0 Å². The van der Waals surface area contributed by atoms with Crippen LogP contribution in [0.5, 0.6) is 0 Å². The summed E-state index contributed by atoms with van der Waals surface area (Å²) in [5.74, 6) is -0.338. The minimum absolute atomic E-state index is 0.130. The highest BCUT2D eigenvalue weighted by Gasteiger charge is 2.32. The molecule has 0 saturated carbocycles. The lowest BCUT2D eigenvalue weighted by molar-refractivity contribution is -0.119. The van der Waals surface area contributed by atoms with Crippen LogP contribution < -0.4 is 10.6 Å². The third-order valence-electron chi connectivity index (χ3n) is 3.54. The fourth-order valence-electron chi connectivity index (χ4n) is 2.73. The molecule has 1 heterocycles. The number of benzene rings is 1. The van der Waals surface area contributed by atoms with E-state index in [0.29, 0.717) is 6.04 Å². The van der Waals surface area contributed by atoms with Crippen LogP contribution in [-0.2, 0) is 4.79 Å². The third kappa shape index (κ3) is 2.14. The molecule has 0 unspecified atom stereocenters. The molecule has 1 aliphatic rings. The number of carbonyl (C=O) groups excluding carboxylic acids is 1. The van der Waals surface area contributed by atoms with Crippen molar-refractivity contribution in [1.29, 1.82) is 0 Å². The van der Waals surface area contributed by atoms with Crippen molar-refractivity contribution in [1.82, 2.24) is 0 Å². The Morgan fingerprint density at radius 1 is 1.47 bits per heavy atom. The molecule has 3 heteroatoms. The van der Waals surface area contributed by atoms with E-state index in [1.165, 1.54) is 5.69 Å². The second-order valence-electron chi connectivity index (χ2n) is 4.79. The molecular formula is C14H20N2O. The largest absolute Gasteiger partial charge is 0.369 e. The first-order chi connectivity index (χ1) is 8.15. The number of fused-ring (bicyclic) bond motifs is 1. The van der Waals surface area contributed by atoms with Gasteiger partial charge in [0.2, 0.25) is 5.91 Å². The van der Waals surface area contributed by atoms with Crippen LogP contribution in [0.15, 0.2) is 24.3 Å². The molecule has 0 saturated heterocycles. The number of anilines is 1. The van der Waals surface area contributed by atoms with Gasteiger partial charge in [-0.2, -0.15) is 0 Å². The lowest BCUT2D eigenvalue weighted by atomic mass is 9.85. The molecular weight excluding hydrogens is 212 g/mol. The highest BCUT2D eigenvalue weighted by molar-refractivity contribution is 5.85. The van der Waals surface area contributed by atoms with E-state index in [1.807, 2.05) is 18.2 Å². The summed E-state index contributed by atoms with van der Waals surface area (Å²) in [5.41, 5.74) is 7.77. The van der Waals surface area contributed by atoms with Gasteiger partial charge in [0.25, 0.3) is 0 Å². The maximum absolute atomic E-state index is 11.5. The van der Waals surface area contributed by atoms with Crippen molar-refractivity contribution in [3.05, 3.63) is 29.8 Å². The summed E-state index contributed by atoms with van der Waals surface area (Å²) in [6.45, 7) is 5.38. The minimum Gasteiger partial charge on any atom is -0.369 e. The van der Waals surface area contributed by atoms with Crippen molar-refractivity contribution in [2.24, 2.45) is 5.73 Å². The molecule has 1 amide bonds. The number of amides is 1. The standard InChI is InChI=1S/C14H20N2O/c1-3-8-16-10(2)9-12(14(15)17)11-6-4-5-7-13(11)16/h4-7,10,12H,3,8-9H2,1-2H3,(H2,15,17)/t10-,12-/m1/s1. The van der Waals surface area contributed by atoms with Crippen LogP contribution in [0.4, 0.5) is 5.69 Å². The monoisotopic (exact) mass is 232 g/mol. The Kier molecular flexibility index (Phi) is 3.36. The predicted molar refractivity (Wildman–Crippen MR) is 70.1 cm³/mol. The van der Waals surface area contributed by atoms with Crippen molar-refractivity contribution < 1.29 is 4.79 Å². The zero-order chi connectivity index (χ0) is 12.4. The first kappa shape index (κ1) is 12.0. The number of carbonyl (C=O) groups is 1. The Bertz CT molecular complexity index is 416. The average Bonchev–Trinajstić information content (AvgIpc) is 2.32. The average molecular weight is 232 g/mol. The second-order valence-corrected chi connectivity index (χ2v) is 4.79. The number of nitrogens with two attached hydrogens (primary N) is 1. The highest BCUT2D eigenvalue weighted by Crippen LogP contribution is 2.38. The summed E-state index contributed by atoms with van der Waals surface area (Å²) in [6.07, 6.45) is 1.94. The molecule has 0 radical (unpaired) electrons. The van der Waals surface area contributed by atoms with E-state index in [4.69, 9.17) is 5.73 Å². The van der Waals surface area contributed by atoms with Gasteiger partial charge >= 0.3 is 0 Å². The van der Waals surface area contributed by atoms with Gasteiger partial charge in [-0.15, -0.1) is 0 Å². The Labute approximate surface area is 103 Å². The quantitative estimate of drug-likeness (QED) is 0.869. The summed E-state index contributed by atoms with van der Waals surface area (Å²) in [7, 11) is 0. The molecule has 1 aromatic carbocycles. The summed E-state index contributed by atoms with van der Waals surface area (Å²) < 4.78 is 0. The molecule has 92 valence electrons. The molecule has 2 atom stereocenters. The summed E-state index contributed by atoms with van der Waals surface area (Å²) in [5, 5.41) is 0. The van der Waals surface area contributed by atoms with Crippen LogP contribution in [0.25, 0.3) is 0 Å². The Morgan fingerprint density at radius 3 is 2.82 bits per heavy atom. The van der Waals surface area contributed by atoms with Crippen molar-refractivity contribution in [2.45, 2.75) is 38.6 Å². The highest BCUT2D eigenvalue weighted by atomic mass is 16.1. The molecule has 0 spiro atoms. The smallest absolute Gasteiger partial charge is 0.225 e. The zero-order valence-corrected chi connectivity index (χ0v) is 10.5. The number of hydrogen-bond donors (Lipinski definition) is 1.